The zero-order chi connectivity index (χ0) is 14.7. The Labute approximate surface area is 117 Å². The van der Waals surface area contributed by atoms with E-state index >= 15 is 0 Å². The van der Waals surface area contributed by atoms with Gasteiger partial charge in [0.2, 0.25) is 0 Å². The standard InChI is InChI=1S/C12H8F2N2O3S/c13-11(14)19-7-3-1-2-6(4-7)5-8-9(17)15-12(20)16-10(8)18/h1-5,11H,(H2,15,16,17,18,20). The first-order chi connectivity index (χ1) is 9.45. The summed E-state index contributed by atoms with van der Waals surface area (Å²) in [5, 5.41) is 4.46. The van der Waals surface area contributed by atoms with Gasteiger partial charge in [-0.1, -0.05) is 12.1 Å². The molecule has 1 heterocycles. The average Bonchev–Trinajstić information content (AvgIpc) is 2.33. The smallest absolute Gasteiger partial charge is 0.387 e. The highest BCUT2D eigenvalue weighted by atomic mass is 32.1. The summed E-state index contributed by atoms with van der Waals surface area (Å²) in [6, 6.07) is 5.63. The highest BCUT2D eigenvalue weighted by Gasteiger charge is 2.25. The molecule has 0 bridgehead atoms. The summed E-state index contributed by atoms with van der Waals surface area (Å²) in [6.45, 7) is -2.95. The van der Waals surface area contributed by atoms with Crippen LogP contribution in [0.4, 0.5) is 8.78 Å². The number of thiocarbonyl (C=S) groups is 1. The summed E-state index contributed by atoms with van der Waals surface area (Å²) < 4.78 is 28.4. The molecule has 0 unspecified atom stereocenters. The second kappa shape index (κ2) is 5.74. The maximum absolute atomic E-state index is 12.1. The van der Waals surface area contributed by atoms with Crippen LogP contribution in [0.25, 0.3) is 6.08 Å². The maximum atomic E-state index is 12.1. The van der Waals surface area contributed by atoms with E-state index in [1.54, 1.807) is 6.07 Å². The molecule has 0 aromatic heterocycles. The minimum absolute atomic E-state index is 0.0681. The van der Waals surface area contributed by atoms with E-state index in [1.807, 2.05) is 0 Å². The fourth-order valence-corrected chi connectivity index (χ4v) is 1.74. The van der Waals surface area contributed by atoms with Crippen LogP contribution in [0.1, 0.15) is 5.56 Å². The quantitative estimate of drug-likeness (QED) is 0.500. The lowest BCUT2D eigenvalue weighted by atomic mass is 10.1. The Morgan fingerprint density at radius 1 is 1.20 bits per heavy atom. The summed E-state index contributed by atoms with van der Waals surface area (Å²) >= 11 is 4.65. The lowest BCUT2D eigenvalue weighted by Gasteiger charge is -2.16. The molecule has 2 N–H and O–H groups in total. The summed E-state index contributed by atoms with van der Waals surface area (Å²) in [5.41, 5.74) is 0.198. The highest BCUT2D eigenvalue weighted by Crippen LogP contribution is 2.18. The number of halogens is 2. The third kappa shape index (κ3) is 3.35. The monoisotopic (exact) mass is 298 g/mol. The van der Waals surface area contributed by atoms with E-state index in [2.05, 4.69) is 27.6 Å². The van der Waals surface area contributed by atoms with Gasteiger partial charge >= 0.3 is 6.61 Å². The number of alkyl halides is 2. The van der Waals surface area contributed by atoms with Crippen molar-refractivity contribution in [1.82, 2.24) is 10.6 Å². The molecule has 1 aromatic rings. The fraction of sp³-hybridized carbons (Fsp3) is 0.0833. The molecule has 104 valence electrons. The van der Waals surface area contributed by atoms with Crippen LogP contribution in [-0.4, -0.2) is 23.5 Å². The highest BCUT2D eigenvalue weighted by molar-refractivity contribution is 7.80. The Hall–Kier alpha value is -2.35. The minimum atomic E-state index is -2.95. The maximum Gasteiger partial charge on any atom is 0.387 e. The summed E-state index contributed by atoms with van der Waals surface area (Å²) in [6.07, 6.45) is 1.25. The molecule has 5 nitrogen and oxygen atoms in total. The van der Waals surface area contributed by atoms with Crippen molar-refractivity contribution in [3.05, 3.63) is 35.4 Å². The van der Waals surface area contributed by atoms with Crippen molar-refractivity contribution in [2.75, 3.05) is 0 Å². The van der Waals surface area contributed by atoms with Gasteiger partial charge in [0, 0.05) is 0 Å². The van der Waals surface area contributed by atoms with Crippen molar-refractivity contribution in [3.63, 3.8) is 0 Å². The van der Waals surface area contributed by atoms with Crippen LogP contribution < -0.4 is 15.4 Å². The molecular formula is C12H8F2N2O3S. The molecule has 0 atom stereocenters. The summed E-state index contributed by atoms with van der Waals surface area (Å²) in [4.78, 5) is 23.2. The van der Waals surface area contributed by atoms with Gasteiger partial charge in [-0.3, -0.25) is 20.2 Å². The normalized spacial score (nSPS) is 14.9. The Balaban J connectivity index is 2.28. The van der Waals surface area contributed by atoms with E-state index in [0.717, 1.165) is 0 Å². The molecule has 0 saturated carbocycles. The van der Waals surface area contributed by atoms with Crippen molar-refractivity contribution < 1.29 is 23.1 Å². The molecule has 20 heavy (non-hydrogen) atoms. The van der Waals surface area contributed by atoms with Gasteiger partial charge in [-0.15, -0.1) is 0 Å². The number of benzene rings is 1. The molecule has 2 amide bonds. The predicted octanol–water partition coefficient (Wildman–Crippen LogP) is 1.20. The molecule has 2 rings (SSSR count). The van der Waals surface area contributed by atoms with Gasteiger partial charge in [-0.25, -0.2) is 0 Å². The lowest BCUT2D eigenvalue weighted by molar-refractivity contribution is -0.123. The van der Waals surface area contributed by atoms with Crippen LogP contribution in [0.15, 0.2) is 29.8 Å². The van der Waals surface area contributed by atoms with Gasteiger partial charge in [-0.2, -0.15) is 8.78 Å². The third-order valence-electron chi connectivity index (χ3n) is 2.34. The van der Waals surface area contributed by atoms with E-state index in [9.17, 15) is 18.4 Å². The SMILES string of the molecule is O=C1NC(=S)NC(=O)C1=Cc1cccc(OC(F)F)c1. The molecule has 1 aromatic carbocycles. The lowest BCUT2D eigenvalue weighted by Crippen LogP contribution is -2.51. The van der Waals surface area contributed by atoms with Crippen molar-refractivity contribution in [1.29, 1.82) is 0 Å². The van der Waals surface area contributed by atoms with Crippen LogP contribution in [0.5, 0.6) is 5.75 Å². The molecule has 1 saturated heterocycles. The fourth-order valence-electron chi connectivity index (χ4n) is 1.55. The number of rotatable bonds is 3. The van der Waals surface area contributed by atoms with Crippen molar-refractivity contribution >= 4 is 35.2 Å². The van der Waals surface area contributed by atoms with Gasteiger partial charge in [0.15, 0.2) is 5.11 Å². The van der Waals surface area contributed by atoms with Crippen molar-refractivity contribution in [2.45, 2.75) is 6.61 Å². The number of hydrogen-bond acceptors (Lipinski definition) is 4. The van der Waals surface area contributed by atoms with Crippen LogP contribution in [0, 0.1) is 0 Å². The summed E-state index contributed by atoms with van der Waals surface area (Å²) in [5.74, 6) is -1.38. The second-order valence-electron chi connectivity index (χ2n) is 3.75. The number of amides is 2. The summed E-state index contributed by atoms with van der Waals surface area (Å²) in [7, 11) is 0. The Morgan fingerprint density at radius 3 is 2.45 bits per heavy atom. The molecule has 8 heteroatoms. The number of nitrogens with one attached hydrogen (secondary N) is 2. The molecule has 1 aliphatic rings. The number of ether oxygens (including phenoxy) is 1. The largest absolute Gasteiger partial charge is 0.435 e. The van der Waals surface area contributed by atoms with E-state index in [0.29, 0.717) is 5.56 Å². The Kier molecular flexibility index (Phi) is 4.04. The van der Waals surface area contributed by atoms with Crippen LogP contribution >= 0.6 is 12.2 Å². The zero-order valence-electron chi connectivity index (χ0n) is 9.85. The topological polar surface area (TPSA) is 67.4 Å². The first-order valence-corrected chi connectivity index (χ1v) is 5.80. The zero-order valence-corrected chi connectivity index (χ0v) is 10.7. The van der Waals surface area contributed by atoms with Crippen LogP contribution in [0.2, 0.25) is 0 Å². The van der Waals surface area contributed by atoms with Crippen molar-refractivity contribution in [3.8, 4) is 5.75 Å². The molecule has 0 radical (unpaired) electrons. The Bertz CT molecular complexity index is 594. The Morgan fingerprint density at radius 2 is 1.85 bits per heavy atom. The van der Waals surface area contributed by atoms with Gasteiger partial charge in [0.05, 0.1) is 0 Å². The average molecular weight is 298 g/mol. The number of carbonyl (C=O) groups is 2. The first-order valence-electron chi connectivity index (χ1n) is 5.39. The second-order valence-corrected chi connectivity index (χ2v) is 4.15. The molecule has 1 aliphatic heterocycles. The minimum Gasteiger partial charge on any atom is -0.435 e. The van der Waals surface area contributed by atoms with E-state index in [4.69, 9.17) is 0 Å². The van der Waals surface area contributed by atoms with Gasteiger partial charge in [0.25, 0.3) is 11.8 Å². The van der Waals surface area contributed by atoms with Gasteiger partial charge in [-0.05, 0) is 36.0 Å². The van der Waals surface area contributed by atoms with Gasteiger partial charge < -0.3 is 4.74 Å². The molecule has 0 spiro atoms. The van der Waals surface area contributed by atoms with Gasteiger partial charge in [0.1, 0.15) is 11.3 Å². The third-order valence-corrected chi connectivity index (χ3v) is 2.54. The number of hydrogen-bond donors (Lipinski definition) is 2. The van der Waals surface area contributed by atoms with E-state index < -0.39 is 18.4 Å². The molecule has 1 fully saturated rings. The van der Waals surface area contributed by atoms with Crippen LogP contribution in [-0.2, 0) is 9.59 Å². The van der Waals surface area contributed by atoms with Crippen LogP contribution in [0.3, 0.4) is 0 Å². The first kappa shape index (κ1) is 14.1. The van der Waals surface area contributed by atoms with E-state index in [-0.39, 0.29) is 16.4 Å². The van der Waals surface area contributed by atoms with Crippen molar-refractivity contribution in [2.24, 2.45) is 0 Å². The predicted molar refractivity (Wildman–Crippen MR) is 69.9 cm³/mol. The number of carbonyl (C=O) groups excluding carboxylic acids is 2. The molecule has 0 aliphatic carbocycles. The molecular weight excluding hydrogens is 290 g/mol. The van der Waals surface area contributed by atoms with E-state index in [1.165, 1.54) is 24.3 Å².